The van der Waals surface area contributed by atoms with Crippen LogP contribution in [0.2, 0.25) is 38.3 Å². The van der Waals surface area contributed by atoms with Gasteiger partial charge < -0.3 is 39.9 Å². The number of halogens is 1. The molecule has 4 aliphatic rings. The van der Waals surface area contributed by atoms with E-state index in [9.17, 15) is 29.4 Å². The molecule has 72 heavy (non-hydrogen) atoms. The molecule has 2 N–H and O–H groups in total. The average molecular weight is 1040 g/mol. The van der Waals surface area contributed by atoms with Crippen molar-refractivity contribution in [2.75, 3.05) is 11.7 Å². The topological polar surface area (TPSA) is 270 Å². The fourth-order valence-electron chi connectivity index (χ4n) is 10.1. The van der Waals surface area contributed by atoms with E-state index < -0.39 is 39.3 Å². The Morgan fingerprint density at radius 2 is 1.10 bits per heavy atom. The molecule has 0 saturated heterocycles. The van der Waals surface area contributed by atoms with Gasteiger partial charge in [-0.3, -0.25) is 14.5 Å². The maximum Gasteiger partial charge on any atom is 1.00 e. The van der Waals surface area contributed by atoms with Crippen LogP contribution in [0, 0.1) is 0 Å². The Balaban J connectivity index is 0.000000198. The number of benzene rings is 2. The molecule has 0 amide bonds. The van der Waals surface area contributed by atoms with Crippen molar-refractivity contribution >= 4 is 61.5 Å². The minimum Gasteiger partial charge on any atom is -0.458 e. The van der Waals surface area contributed by atoms with Crippen molar-refractivity contribution < 1.29 is 58.8 Å². The Morgan fingerprint density at radius 1 is 0.694 bits per heavy atom. The number of carbonyl (C=O) groups excluding carboxylic acids is 2. The zero-order chi connectivity index (χ0) is 51.2. The summed E-state index contributed by atoms with van der Waals surface area (Å²) in [5.41, 5.74) is 29.0. The number of azide groups is 1. The number of nitrogens with zero attached hydrogens (tertiary/aromatic N) is 10. The molecule has 0 aliphatic carbocycles. The van der Waals surface area contributed by atoms with Crippen molar-refractivity contribution in [2.24, 2.45) is 5.11 Å². The number of rotatable bonds is 11. The Labute approximate surface area is 443 Å². The second kappa shape index (κ2) is 21.1. The molecular formula is C50H54ClN10NaO8Si2. The summed E-state index contributed by atoms with van der Waals surface area (Å²) in [5, 5.41) is 28.2. The van der Waals surface area contributed by atoms with Crippen LogP contribution in [-0.2, 0) is 69.4 Å². The van der Waals surface area contributed by atoms with Gasteiger partial charge in [0.1, 0.15) is 13.2 Å². The number of hydrogen-bond donors (Lipinski definition) is 2. The number of pyridine rings is 4. The van der Waals surface area contributed by atoms with Crippen LogP contribution >= 0.6 is 11.6 Å². The van der Waals surface area contributed by atoms with E-state index in [-0.39, 0.29) is 66.7 Å². The van der Waals surface area contributed by atoms with Crippen LogP contribution in [0.5, 0.6) is 0 Å². The smallest absolute Gasteiger partial charge is 0.458 e. The Hall–Kier alpha value is -5.64. The van der Waals surface area contributed by atoms with Crippen LogP contribution in [0.3, 0.4) is 0 Å². The van der Waals surface area contributed by atoms with Crippen LogP contribution in [-0.4, -0.2) is 69.1 Å². The summed E-state index contributed by atoms with van der Waals surface area (Å²) in [4.78, 5) is 66.1. The fraction of sp³-hybridized carbons (Fsp3) is 0.400. The van der Waals surface area contributed by atoms with E-state index in [1.165, 1.54) is 10.5 Å². The number of aryl methyl sites for hydroxylation is 2. The van der Waals surface area contributed by atoms with Gasteiger partial charge in [-0.2, -0.15) is 0 Å². The Morgan fingerprint density at radius 3 is 1.49 bits per heavy atom. The van der Waals surface area contributed by atoms with Crippen LogP contribution in [0.15, 0.2) is 75.4 Å². The molecule has 10 rings (SSSR count). The van der Waals surface area contributed by atoms with E-state index >= 15 is 0 Å². The standard InChI is InChI=1S/C25H27ClN2O4Si.C25H27N5O4Si.N3.Na/c1-4-25(31)19-11-21-22-17(12-28(21)23(29)18(19)13-32-24(25)30)15(9-10-33(2,3)14-26)16-7-5-6-8-20(16)27-22;1-4-25(33)19-11-21-22-17(12-30(21)23(31)18(19)13-34-24(25)32)15(9-10-35(2,3)14-27-29-26)16-7-5-6-8-20(16)28-22;1-3-2;/h5-8,11,31H,4,9-10,12-14H2,1-3H3;5-8,11,33H,4,9-10,12-14H2,1-3H3;;/q;;-1;+1/t2*25-;;/m00../s1. The first-order valence-corrected chi connectivity index (χ1v) is 30.9. The molecule has 0 spiro atoms. The number of fused-ring (bicyclic) bond motifs is 10. The van der Waals surface area contributed by atoms with Crippen LogP contribution in [0.4, 0.5) is 0 Å². The van der Waals surface area contributed by atoms with Gasteiger partial charge in [-0.05, 0) is 66.6 Å². The van der Waals surface area contributed by atoms with Crippen LogP contribution in [0.1, 0.15) is 71.2 Å². The van der Waals surface area contributed by atoms with Crippen molar-refractivity contribution in [3.63, 3.8) is 0 Å². The normalized spacial score (nSPS) is 17.9. The quantitative estimate of drug-likeness (QED) is 0.0372. The van der Waals surface area contributed by atoms with Crippen molar-refractivity contribution in [3.05, 3.63) is 152 Å². The molecule has 2 atom stereocenters. The molecule has 22 heteroatoms. The van der Waals surface area contributed by atoms with Crippen molar-refractivity contribution in [1.82, 2.24) is 19.1 Å². The first kappa shape index (κ1) is 54.1. The summed E-state index contributed by atoms with van der Waals surface area (Å²) in [7, 11) is -3.30. The third-order valence-corrected chi connectivity index (χ3v) is 21.6. The maximum atomic E-state index is 13.5. The van der Waals surface area contributed by atoms with Gasteiger partial charge in [0.2, 0.25) is 0 Å². The van der Waals surface area contributed by atoms with E-state index in [1.54, 1.807) is 35.1 Å². The second-order valence-electron chi connectivity index (χ2n) is 20.0. The monoisotopic (exact) mass is 1040 g/mol. The summed E-state index contributed by atoms with van der Waals surface area (Å²) in [5.74, 6) is -1.44. The predicted octanol–water partition coefficient (Wildman–Crippen LogP) is 6.16. The molecule has 368 valence electrons. The number of para-hydroxylation sites is 2. The number of carbonyl (C=O) groups is 2. The van der Waals surface area contributed by atoms with Gasteiger partial charge in [-0.25, -0.2) is 19.6 Å². The predicted molar refractivity (Wildman–Crippen MR) is 276 cm³/mol. The maximum absolute atomic E-state index is 13.5. The van der Waals surface area contributed by atoms with Gasteiger partial charge in [0, 0.05) is 49.6 Å². The van der Waals surface area contributed by atoms with Crippen molar-refractivity contribution in [2.45, 2.75) is 115 Å². The average Bonchev–Trinajstić information content (AvgIpc) is 3.92. The van der Waals surface area contributed by atoms with E-state index in [4.69, 9.17) is 47.6 Å². The molecule has 0 saturated carbocycles. The summed E-state index contributed by atoms with van der Waals surface area (Å²) in [6, 6.07) is 21.5. The number of aliphatic hydroxyl groups is 2. The first-order valence-electron chi connectivity index (χ1n) is 23.5. The number of ether oxygens (including phenoxy) is 2. The molecule has 4 aliphatic heterocycles. The Kier molecular flexibility index (Phi) is 15.8. The summed E-state index contributed by atoms with van der Waals surface area (Å²) >= 11 is 6.25. The molecule has 2 aromatic carbocycles. The third kappa shape index (κ3) is 9.57. The molecule has 18 nitrogen and oxygen atoms in total. The van der Waals surface area contributed by atoms with Crippen LogP contribution < -0.4 is 40.7 Å². The summed E-state index contributed by atoms with van der Waals surface area (Å²) in [6.07, 6.45) is 2.43. The van der Waals surface area contributed by atoms with E-state index in [0.29, 0.717) is 64.1 Å². The van der Waals surface area contributed by atoms with E-state index in [1.807, 2.05) is 36.4 Å². The van der Waals surface area contributed by atoms with E-state index in [0.717, 1.165) is 69.1 Å². The Bertz CT molecular complexity index is 3410. The molecule has 0 fully saturated rings. The molecule has 0 radical (unpaired) electrons. The molecular weight excluding hydrogens is 983 g/mol. The zero-order valence-corrected chi connectivity index (χ0v) is 46.2. The van der Waals surface area contributed by atoms with Gasteiger partial charge in [0.05, 0.1) is 74.2 Å². The van der Waals surface area contributed by atoms with Gasteiger partial charge in [-0.1, -0.05) is 93.6 Å². The number of aromatic nitrogens is 4. The van der Waals surface area contributed by atoms with Crippen molar-refractivity contribution in [3.8, 4) is 22.8 Å². The minimum absolute atomic E-state index is 0. The molecule has 0 bridgehead atoms. The van der Waals surface area contributed by atoms with E-state index in [2.05, 4.69) is 48.3 Å². The fourth-order valence-corrected chi connectivity index (χ4v) is 13.1. The zero-order valence-electron chi connectivity index (χ0n) is 41.5. The number of alkyl halides is 1. The molecule has 4 aromatic heterocycles. The number of hydrogen-bond acceptors (Lipinski definition) is 11. The molecule has 6 aromatic rings. The SMILES string of the molecule is CC[C@@]1(O)C(=O)OCc2c1cc1n(c2=O)Cc2c-1nc1ccccc1c2CC[Si](C)(C)CCl.CC[C@@]1(O)C(=O)OCc2c1cc1n(c2=O)Cc2c-1nc1ccccc1c2CC[Si](C)(C)CN=[N+]=[N-].[N-]=[N+]=[N-].[Na+]. The summed E-state index contributed by atoms with van der Waals surface area (Å²) < 4.78 is 13.7. The summed E-state index contributed by atoms with van der Waals surface area (Å²) in [6.45, 7) is 12.9. The first-order chi connectivity index (χ1) is 33.8. The number of esters is 2. The van der Waals surface area contributed by atoms with Gasteiger partial charge in [0.15, 0.2) is 11.2 Å². The van der Waals surface area contributed by atoms with Crippen molar-refractivity contribution in [1.29, 1.82) is 0 Å². The largest absolute Gasteiger partial charge is 1.00 e. The van der Waals surface area contributed by atoms with Crippen LogP contribution in [0.25, 0.3) is 71.0 Å². The van der Waals surface area contributed by atoms with Gasteiger partial charge in [-0.15, -0.1) is 11.6 Å². The molecule has 8 heterocycles. The second-order valence-corrected chi connectivity index (χ2v) is 31.1. The minimum atomic E-state index is -1.85. The van der Waals surface area contributed by atoms with Gasteiger partial charge >= 0.3 is 41.5 Å². The molecule has 0 unspecified atom stereocenters. The third-order valence-electron chi connectivity index (χ3n) is 14.5. The number of cyclic esters (lactones) is 2. The van der Waals surface area contributed by atoms with Gasteiger partial charge in [0.25, 0.3) is 11.1 Å².